The summed E-state index contributed by atoms with van der Waals surface area (Å²) in [6.07, 6.45) is 0. The molecule has 0 radical (unpaired) electrons. The molecule has 2 rings (SSSR count). The third-order valence-electron chi connectivity index (χ3n) is 3.06. The first-order valence-corrected chi connectivity index (χ1v) is 9.12. The average Bonchev–Trinajstić information content (AvgIpc) is 2.57. The molecule has 0 saturated carbocycles. The van der Waals surface area contributed by atoms with E-state index in [9.17, 15) is 0 Å². The number of hydrogen-bond donors (Lipinski definition) is 2. The van der Waals surface area contributed by atoms with Crippen molar-refractivity contribution in [3.63, 3.8) is 0 Å². The van der Waals surface area contributed by atoms with Crippen LogP contribution in [0, 0.1) is 0 Å². The van der Waals surface area contributed by atoms with Gasteiger partial charge in [0.25, 0.3) is 0 Å². The second kappa shape index (κ2) is 9.65. The zero-order chi connectivity index (χ0) is 16.5. The van der Waals surface area contributed by atoms with Crippen LogP contribution in [-0.4, -0.2) is 24.5 Å². The molecule has 23 heavy (non-hydrogen) atoms. The zero-order valence-electron chi connectivity index (χ0n) is 12.8. The molecule has 2 aromatic rings. The third kappa shape index (κ3) is 6.69. The average molecular weight is 367 g/mol. The second-order valence-corrected chi connectivity index (χ2v) is 6.74. The normalized spacial score (nSPS) is 10.2. The van der Waals surface area contributed by atoms with E-state index in [1.54, 1.807) is 7.11 Å². The Morgan fingerprint density at radius 2 is 1.83 bits per heavy atom. The number of anilines is 1. The Morgan fingerprint density at radius 1 is 1.13 bits per heavy atom. The molecule has 0 amide bonds. The van der Waals surface area contributed by atoms with Crippen molar-refractivity contribution in [2.24, 2.45) is 0 Å². The van der Waals surface area contributed by atoms with E-state index >= 15 is 0 Å². The minimum Gasteiger partial charge on any atom is -0.497 e. The summed E-state index contributed by atoms with van der Waals surface area (Å²) in [5, 5.41) is 7.75. The molecule has 0 heterocycles. The summed E-state index contributed by atoms with van der Waals surface area (Å²) in [5.41, 5.74) is 2.22. The van der Waals surface area contributed by atoms with Crippen molar-refractivity contribution < 1.29 is 4.74 Å². The van der Waals surface area contributed by atoms with E-state index in [1.807, 2.05) is 48.2 Å². The van der Waals surface area contributed by atoms with E-state index in [-0.39, 0.29) is 0 Å². The van der Waals surface area contributed by atoms with Gasteiger partial charge in [-0.05, 0) is 54.2 Å². The standard InChI is InChI=1S/C17H19ClN2OS2/c1-21-16-8-6-15(7-9-16)20-17(22)19-10-11-23-12-13-2-4-14(18)5-3-13/h2-9H,10-12H2,1H3,(H2,19,20,22). The van der Waals surface area contributed by atoms with Gasteiger partial charge >= 0.3 is 0 Å². The largest absolute Gasteiger partial charge is 0.497 e. The molecule has 122 valence electrons. The quantitative estimate of drug-likeness (QED) is 0.554. The first-order chi connectivity index (χ1) is 11.2. The molecule has 2 aromatic carbocycles. The summed E-state index contributed by atoms with van der Waals surface area (Å²) < 4.78 is 5.12. The molecule has 0 saturated heterocycles. The lowest BCUT2D eigenvalue weighted by Gasteiger charge is -2.11. The number of ether oxygens (including phenoxy) is 1. The second-order valence-electron chi connectivity index (χ2n) is 4.79. The number of nitrogens with one attached hydrogen (secondary N) is 2. The third-order valence-corrected chi connectivity index (χ3v) is 4.59. The van der Waals surface area contributed by atoms with E-state index in [0.29, 0.717) is 5.11 Å². The van der Waals surface area contributed by atoms with Crippen molar-refractivity contribution in [2.75, 3.05) is 24.7 Å². The summed E-state index contributed by atoms with van der Waals surface area (Å²) in [7, 11) is 1.65. The van der Waals surface area contributed by atoms with Gasteiger partial charge in [0.15, 0.2) is 5.11 Å². The summed E-state index contributed by atoms with van der Waals surface area (Å²) in [4.78, 5) is 0. The number of thiocarbonyl (C=S) groups is 1. The van der Waals surface area contributed by atoms with Gasteiger partial charge in [-0.25, -0.2) is 0 Å². The zero-order valence-corrected chi connectivity index (χ0v) is 15.2. The Hall–Kier alpha value is -1.43. The van der Waals surface area contributed by atoms with Crippen LogP contribution in [0.25, 0.3) is 0 Å². The van der Waals surface area contributed by atoms with Crippen LogP contribution in [0.5, 0.6) is 5.75 Å². The van der Waals surface area contributed by atoms with Gasteiger partial charge in [-0.2, -0.15) is 11.8 Å². The molecule has 0 fully saturated rings. The highest BCUT2D eigenvalue weighted by atomic mass is 35.5. The topological polar surface area (TPSA) is 33.3 Å². The predicted molar refractivity (Wildman–Crippen MR) is 105 cm³/mol. The predicted octanol–water partition coefficient (Wildman–Crippen LogP) is 4.57. The fourth-order valence-corrected chi connectivity index (χ4v) is 3.02. The van der Waals surface area contributed by atoms with Crippen LogP contribution in [0.1, 0.15) is 5.56 Å². The number of thioether (sulfide) groups is 1. The van der Waals surface area contributed by atoms with Gasteiger partial charge in [0.2, 0.25) is 0 Å². The lowest BCUT2D eigenvalue weighted by atomic mass is 10.2. The van der Waals surface area contributed by atoms with E-state index in [0.717, 1.165) is 34.5 Å². The molecule has 0 atom stereocenters. The lowest BCUT2D eigenvalue weighted by molar-refractivity contribution is 0.415. The van der Waals surface area contributed by atoms with Gasteiger partial charge < -0.3 is 15.4 Å². The fourth-order valence-electron chi connectivity index (χ4n) is 1.86. The number of hydrogen-bond acceptors (Lipinski definition) is 3. The molecule has 0 bridgehead atoms. The van der Waals surface area contributed by atoms with Crippen LogP contribution in [-0.2, 0) is 5.75 Å². The van der Waals surface area contributed by atoms with Gasteiger partial charge in [-0.15, -0.1) is 0 Å². The molecule has 0 aliphatic carbocycles. The molecule has 3 nitrogen and oxygen atoms in total. The van der Waals surface area contributed by atoms with Gasteiger partial charge in [-0.3, -0.25) is 0 Å². The van der Waals surface area contributed by atoms with Crippen molar-refractivity contribution in [1.29, 1.82) is 0 Å². The molecular formula is C17H19ClN2OS2. The first-order valence-electron chi connectivity index (χ1n) is 7.18. The monoisotopic (exact) mass is 366 g/mol. The van der Waals surface area contributed by atoms with Crippen LogP contribution >= 0.6 is 35.6 Å². The molecule has 0 spiro atoms. The van der Waals surface area contributed by atoms with Crippen LogP contribution in [0.15, 0.2) is 48.5 Å². The van der Waals surface area contributed by atoms with Crippen molar-refractivity contribution in [3.8, 4) is 5.75 Å². The van der Waals surface area contributed by atoms with Gasteiger partial charge in [0.1, 0.15) is 5.75 Å². The summed E-state index contributed by atoms with van der Waals surface area (Å²) >= 11 is 13.0. The number of rotatable bonds is 7. The Bertz CT molecular complexity index is 617. The van der Waals surface area contributed by atoms with Crippen molar-refractivity contribution in [2.45, 2.75) is 5.75 Å². The highest BCUT2D eigenvalue weighted by molar-refractivity contribution is 7.98. The van der Waals surface area contributed by atoms with Gasteiger partial charge in [-0.1, -0.05) is 23.7 Å². The molecule has 0 unspecified atom stereocenters. The van der Waals surface area contributed by atoms with Crippen LogP contribution < -0.4 is 15.4 Å². The minimum atomic E-state index is 0.627. The smallest absolute Gasteiger partial charge is 0.170 e. The Kier molecular flexibility index (Phi) is 7.52. The minimum absolute atomic E-state index is 0.627. The number of halogens is 1. The maximum absolute atomic E-state index is 5.87. The fraction of sp³-hybridized carbons (Fsp3) is 0.235. The van der Waals surface area contributed by atoms with Gasteiger partial charge in [0.05, 0.1) is 7.11 Å². The SMILES string of the molecule is COc1ccc(NC(=S)NCCSCc2ccc(Cl)cc2)cc1. The summed E-state index contributed by atoms with van der Waals surface area (Å²) in [6.45, 7) is 0.820. The van der Waals surface area contributed by atoms with Crippen molar-refractivity contribution in [3.05, 3.63) is 59.1 Å². The molecule has 0 aliphatic rings. The van der Waals surface area contributed by atoms with Crippen molar-refractivity contribution in [1.82, 2.24) is 5.32 Å². The molecule has 6 heteroatoms. The van der Waals surface area contributed by atoms with Crippen LogP contribution in [0.2, 0.25) is 5.02 Å². The van der Waals surface area contributed by atoms with Crippen molar-refractivity contribution >= 4 is 46.4 Å². The lowest BCUT2D eigenvalue weighted by Crippen LogP contribution is -2.30. The highest BCUT2D eigenvalue weighted by Gasteiger charge is 1.99. The van der Waals surface area contributed by atoms with E-state index in [1.165, 1.54) is 5.56 Å². The molecule has 0 aromatic heterocycles. The Balaban J connectivity index is 1.61. The van der Waals surface area contributed by atoms with E-state index in [4.69, 9.17) is 28.6 Å². The Labute approximate surface area is 151 Å². The van der Waals surface area contributed by atoms with Crippen LogP contribution in [0.4, 0.5) is 5.69 Å². The molecule has 2 N–H and O–H groups in total. The summed E-state index contributed by atoms with van der Waals surface area (Å²) in [6, 6.07) is 15.6. The van der Waals surface area contributed by atoms with E-state index < -0.39 is 0 Å². The highest BCUT2D eigenvalue weighted by Crippen LogP contribution is 2.16. The number of benzene rings is 2. The summed E-state index contributed by atoms with van der Waals surface area (Å²) in [5.74, 6) is 2.78. The van der Waals surface area contributed by atoms with E-state index in [2.05, 4.69) is 22.8 Å². The first kappa shape index (κ1) is 17.9. The maximum atomic E-state index is 5.87. The maximum Gasteiger partial charge on any atom is 0.170 e. The molecule has 0 aliphatic heterocycles. The Morgan fingerprint density at radius 3 is 2.48 bits per heavy atom. The number of methoxy groups -OCH3 is 1. The molecular weight excluding hydrogens is 348 g/mol. The van der Waals surface area contributed by atoms with Gasteiger partial charge in [0, 0.05) is 28.8 Å². The van der Waals surface area contributed by atoms with Crippen LogP contribution in [0.3, 0.4) is 0 Å².